The molecule has 0 aliphatic heterocycles. The molecule has 1 aromatic heterocycles. The normalized spacial score (nSPS) is 9.43. The van der Waals surface area contributed by atoms with Crippen molar-refractivity contribution in [3.05, 3.63) is 36.4 Å². The molecule has 1 heterocycles. The smallest absolute Gasteiger partial charge is 0.480 e. The Hall–Kier alpha value is -1.69. The number of nitrogens with zero attached hydrogens (tertiary/aromatic N) is 3. The van der Waals surface area contributed by atoms with Crippen molar-refractivity contribution in [3.63, 3.8) is 0 Å². The van der Waals surface area contributed by atoms with Gasteiger partial charge in [-0.25, -0.2) is 9.78 Å². The summed E-state index contributed by atoms with van der Waals surface area (Å²) in [5, 5.41) is 26.7. The van der Waals surface area contributed by atoms with Gasteiger partial charge in [-0.05, 0) is 0 Å². The zero-order valence-corrected chi connectivity index (χ0v) is 19.4. The van der Waals surface area contributed by atoms with Crippen molar-refractivity contribution in [2.75, 3.05) is 24.6 Å². The zero-order chi connectivity index (χ0) is 19.1. The van der Waals surface area contributed by atoms with Gasteiger partial charge in [-0.15, -0.1) is 0 Å². The van der Waals surface area contributed by atoms with Gasteiger partial charge < -0.3 is 25.0 Å². The van der Waals surface area contributed by atoms with E-state index in [1.165, 1.54) is 6.07 Å². The van der Waals surface area contributed by atoms with Crippen LogP contribution in [-0.2, 0) is 14.4 Å². The first-order valence-electron chi connectivity index (χ1n) is 7.33. The third-order valence-corrected chi connectivity index (χ3v) is 3.04. The average Bonchev–Trinajstić information content (AvgIpc) is 2.59. The predicted octanol–water partition coefficient (Wildman–Crippen LogP) is -5.41. The minimum Gasteiger partial charge on any atom is -0.480 e. The first kappa shape index (κ1) is 26.3. The van der Waals surface area contributed by atoms with Crippen LogP contribution in [0.1, 0.15) is 0 Å². The third-order valence-electron chi connectivity index (χ3n) is 3.04. The molecule has 0 radical (unpaired) electrons. The molecule has 1 aromatic carbocycles. The van der Waals surface area contributed by atoms with E-state index in [4.69, 9.17) is 20.1 Å². The maximum Gasteiger partial charge on any atom is 1.00 e. The van der Waals surface area contributed by atoms with Crippen LogP contribution in [0.15, 0.2) is 36.4 Å². The second-order valence-corrected chi connectivity index (χ2v) is 5.08. The first-order chi connectivity index (χ1) is 12.3. The number of anilines is 1. The molecule has 0 saturated heterocycles. The summed E-state index contributed by atoms with van der Waals surface area (Å²) in [7, 11) is 0. The Morgan fingerprint density at radius 3 is 1.96 bits per heavy atom. The number of hydrogen-bond donors (Lipinski definition) is 3. The summed E-state index contributed by atoms with van der Waals surface area (Å²) < 4.78 is 5.06. The molecule has 0 saturated carbocycles. The van der Waals surface area contributed by atoms with Gasteiger partial charge in [0.2, 0.25) is 11.8 Å². The molecule has 0 unspecified atom stereocenters. The summed E-state index contributed by atoms with van der Waals surface area (Å²) in [5.41, 5.74) is 0.971. The van der Waals surface area contributed by atoms with E-state index in [0.29, 0.717) is 11.3 Å². The van der Waals surface area contributed by atoms with Gasteiger partial charge in [0, 0.05) is 11.6 Å². The Balaban J connectivity index is 0.00000364. The Kier molecular flexibility index (Phi) is 11.9. The number of carboxylic acid groups (broad SMARTS) is 3. The second kappa shape index (κ2) is 12.7. The molecule has 0 spiro atoms. The summed E-state index contributed by atoms with van der Waals surface area (Å²) in [4.78, 5) is 41.8. The van der Waals surface area contributed by atoms with Crippen LogP contribution in [0, 0.1) is 0 Å². The number of aliphatic carboxylic acids is 3. The van der Waals surface area contributed by atoms with Gasteiger partial charge in [0.1, 0.15) is 13.1 Å². The maximum absolute atomic E-state index is 11.0. The van der Waals surface area contributed by atoms with Crippen LogP contribution in [0.4, 0.5) is 5.95 Å². The zero-order valence-electron chi connectivity index (χ0n) is 15.4. The number of carbonyl (C=O) groups is 3. The van der Waals surface area contributed by atoms with Crippen LogP contribution in [0.3, 0.4) is 0 Å². The van der Waals surface area contributed by atoms with Gasteiger partial charge in [-0.2, -0.15) is 4.98 Å². The van der Waals surface area contributed by atoms with Gasteiger partial charge in [-0.3, -0.25) is 9.59 Å². The van der Waals surface area contributed by atoms with Gasteiger partial charge in [0.25, 0.3) is 0 Å². The molecule has 0 bridgehead atoms. The molecule has 12 heteroatoms. The van der Waals surface area contributed by atoms with E-state index in [-0.39, 0.29) is 70.9 Å². The van der Waals surface area contributed by atoms with Gasteiger partial charge in [0.05, 0.1) is 5.69 Å². The molecule has 2 aromatic rings. The molecule has 0 atom stereocenters. The van der Waals surface area contributed by atoms with Gasteiger partial charge in [0.15, 0.2) is 6.61 Å². The maximum atomic E-state index is 11.0. The molecule has 3 N–H and O–H groups in total. The Labute approximate surface area is 204 Å². The molecular weight excluding hydrogens is 392 g/mol. The number of rotatable bonds is 9. The third kappa shape index (κ3) is 8.55. The van der Waals surface area contributed by atoms with Crippen LogP contribution in [0.25, 0.3) is 11.3 Å². The van der Waals surface area contributed by atoms with E-state index >= 15 is 0 Å². The van der Waals surface area contributed by atoms with Crippen molar-refractivity contribution in [2.24, 2.45) is 0 Å². The quantitative estimate of drug-likeness (QED) is 0.344. The molecule has 0 fully saturated rings. The Morgan fingerprint density at radius 2 is 1.46 bits per heavy atom. The van der Waals surface area contributed by atoms with Crippen molar-refractivity contribution < 1.29 is 93.6 Å². The van der Waals surface area contributed by atoms with E-state index in [9.17, 15) is 14.4 Å². The average molecular weight is 407 g/mol. The topological polar surface area (TPSA) is 150 Å². The predicted molar refractivity (Wildman–Crippen MR) is 88.1 cm³/mol. The number of aromatic nitrogens is 2. The Morgan fingerprint density at radius 1 is 0.893 bits per heavy atom. The fraction of sp³-hybridized carbons (Fsp3) is 0.188. The largest absolute Gasteiger partial charge is 1.00 e. The molecule has 28 heavy (non-hydrogen) atoms. The van der Waals surface area contributed by atoms with Gasteiger partial charge >= 0.3 is 77.0 Å². The summed E-state index contributed by atoms with van der Waals surface area (Å²) in [5.74, 6) is -4.08. The fourth-order valence-corrected chi connectivity index (χ4v) is 2.04. The summed E-state index contributed by atoms with van der Waals surface area (Å²) >= 11 is 0. The molecule has 0 aliphatic carbocycles. The Bertz CT molecular complexity index is 805. The van der Waals surface area contributed by atoms with Crippen molar-refractivity contribution in [3.8, 4) is 17.1 Å². The number of ether oxygens (including phenoxy) is 1. The van der Waals surface area contributed by atoms with E-state index in [1.54, 1.807) is 30.3 Å². The van der Waals surface area contributed by atoms with Gasteiger partial charge in [-0.1, -0.05) is 30.3 Å². The van der Waals surface area contributed by atoms with E-state index in [1.807, 2.05) is 0 Å². The van der Waals surface area contributed by atoms with E-state index < -0.39 is 37.6 Å². The fourth-order valence-electron chi connectivity index (χ4n) is 2.04. The van der Waals surface area contributed by atoms with E-state index in [0.717, 1.165) is 4.90 Å². The van der Waals surface area contributed by atoms with Crippen molar-refractivity contribution >= 4 is 23.9 Å². The minimum absolute atomic E-state index is 0. The molecule has 2 rings (SSSR count). The van der Waals surface area contributed by atoms with E-state index in [2.05, 4.69) is 9.97 Å². The van der Waals surface area contributed by atoms with Crippen molar-refractivity contribution in [2.45, 2.75) is 0 Å². The SMILES string of the molecule is O=C(O)COc1cc(-c2ccccc2)nc(N(CC(=O)O)CC(=O)O)n1.[Na+].[Na+]. The summed E-state index contributed by atoms with van der Waals surface area (Å²) in [6.45, 7) is -1.96. The van der Waals surface area contributed by atoms with Crippen molar-refractivity contribution in [1.82, 2.24) is 9.97 Å². The van der Waals surface area contributed by atoms with Crippen LogP contribution < -0.4 is 68.8 Å². The molecule has 0 aliphatic rings. The van der Waals surface area contributed by atoms with Crippen molar-refractivity contribution in [1.29, 1.82) is 0 Å². The molecular formula is C16H15N3Na2O7+2. The summed E-state index contributed by atoms with van der Waals surface area (Å²) in [6.07, 6.45) is 0. The first-order valence-corrected chi connectivity index (χ1v) is 7.33. The summed E-state index contributed by atoms with van der Waals surface area (Å²) in [6, 6.07) is 10.1. The van der Waals surface area contributed by atoms with Crippen LogP contribution in [0.2, 0.25) is 0 Å². The standard InChI is InChI=1S/C16H15N3O7.2Na/c20-13(21)7-19(8-14(22)23)16-17-11(10-4-2-1-3-5-10)6-12(18-16)26-9-15(24)25;;/h1-6H,7-9H2,(H,20,21)(H,22,23)(H,24,25);;/q;2*+1. The second-order valence-electron chi connectivity index (χ2n) is 5.08. The molecule has 10 nitrogen and oxygen atoms in total. The van der Waals surface area contributed by atoms with Crippen LogP contribution in [0.5, 0.6) is 5.88 Å². The number of carboxylic acids is 3. The van der Waals surface area contributed by atoms with Crippen LogP contribution in [-0.4, -0.2) is 62.9 Å². The molecule has 136 valence electrons. The monoisotopic (exact) mass is 407 g/mol. The minimum atomic E-state index is -1.27. The number of benzene rings is 1. The van der Waals surface area contributed by atoms with Crippen LogP contribution >= 0.6 is 0 Å². The number of hydrogen-bond acceptors (Lipinski definition) is 7. The molecule has 0 amide bonds.